The first-order valence-electron chi connectivity index (χ1n) is 10.7. The van der Waals surface area contributed by atoms with Gasteiger partial charge in [0.2, 0.25) is 5.91 Å². The monoisotopic (exact) mass is 475 g/mol. The van der Waals surface area contributed by atoms with Crippen LogP contribution in [0.2, 0.25) is 0 Å². The van der Waals surface area contributed by atoms with Gasteiger partial charge < -0.3 is 0 Å². The van der Waals surface area contributed by atoms with Crippen molar-refractivity contribution in [1.29, 1.82) is 0 Å². The lowest BCUT2D eigenvalue weighted by Crippen LogP contribution is -2.22. The first kappa shape index (κ1) is 22.9. The van der Waals surface area contributed by atoms with Gasteiger partial charge in [0.1, 0.15) is 0 Å². The normalized spacial score (nSPS) is 10.8. The fraction of sp³-hybridized carbons (Fsp3) is 0.200. The van der Waals surface area contributed by atoms with Crippen LogP contribution in [0.15, 0.2) is 77.8 Å². The van der Waals surface area contributed by atoms with Crippen molar-refractivity contribution in [3.05, 3.63) is 83.9 Å². The number of rotatable bonds is 9. The van der Waals surface area contributed by atoms with E-state index >= 15 is 0 Å². The van der Waals surface area contributed by atoms with Gasteiger partial charge in [-0.3, -0.25) is 14.3 Å². The molecule has 0 aliphatic heterocycles. The van der Waals surface area contributed by atoms with Gasteiger partial charge in [0.05, 0.1) is 11.4 Å². The van der Waals surface area contributed by atoms with Gasteiger partial charge in [-0.1, -0.05) is 67.2 Å². The molecule has 4 rings (SSSR count). The summed E-state index contributed by atoms with van der Waals surface area (Å²) < 4.78 is 2.05. The third-order valence-electron chi connectivity index (χ3n) is 5.06. The lowest BCUT2D eigenvalue weighted by Gasteiger charge is -2.18. The fourth-order valence-electron chi connectivity index (χ4n) is 3.40. The van der Waals surface area contributed by atoms with E-state index in [4.69, 9.17) is 4.98 Å². The van der Waals surface area contributed by atoms with Crippen molar-refractivity contribution in [2.75, 3.05) is 4.90 Å². The molecule has 0 unspecified atom stereocenters. The molecule has 0 spiro atoms. The molecule has 1 amide bonds. The number of carbonyl (C=O) groups is 1. The van der Waals surface area contributed by atoms with Crippen LogP contribution in [0.25, 0.3) is 11.4 Å². The Morgan fingerprint density at radius 2 is 1.91 bits per heavy atom. The quantitative estimate of drug-likeness (QED) is 0.215. The largest absolute Gasteiger partial charge is 0.298 e. The van der Waals surface area contributed by atoms with E-state index in [0.717, 1.165) is 34.3 Å². The molecule has 8 heteroatoms. The average Bonchev–Trinajstić information content (AvgIpc) is 3.46. The molecule has 4 aromatic rings. The van der Waals surface area contributed by atoms with E-state index in [-0.39, 0.29) is 5.91 Å². The second kappa shape index (κ2) is 10.6. The van der Waals surface area contributed by atoms with Crippen molar-refractivity contribution < 1.29 is 4.79 Å². The minimum absolute atomic E-state index is 0.0639. The topological polar surface area (TPSA) is 63.9 Å². The van der Waals surface area contributed by atoms with E-state index in [1.54, 1.807) is 23.6 Å². The van der Waals surface area contributed by atoms with Crippen molar-refractivity contribution in [2.45, 2.75) is 37.7 Å². The number of amides is 1. The number of benzene rings is 2. The zero-order chi connectivity index (χ0) is 23.2. The van der Waals surface area contributed by atoms with Gasteiger partial charge in [-0.2, -0.15) is 0 Å². The van der Waals surface area contributed by atoms with Crippen LogP contribution in [0.3, 0.4) is 0 Å². The number of allylic oxidation sites excluding steroid dienone is 1. The molecule has 0 N–H and O–H groups in total. The van der Waals surface area contributed by atoms with Crippen molar-refractivity contribution in [1.82, 2.24) is 19.7 Å². The van der Waals surface area contributed by atoms with Crippen LogP contribution in [-0.2, 0) is 23.5 Å². The van der Waals surface area contributed by atoms with Gasteiger partial charge in [-0.15, -0.1) is 28.1 Å². The number of aryl methyl sites for hydroxylation is 1. The van der Waals surface area contributed by atoms with Gasteiger partial charge >= 0.3 is 0 Å². The average molecular weight is 476 g/mol. The van der Waals surface area contributed by atoms with Crippen molar-refractivity contribution >= 4 is 39.8 Å². The molecule has 2 aromatic heterocycles. The first-order chi connectivity index (χ1) is 16.1. The Morgan fingerprint density at radius 3 is 2.58 bits per heavy atom. The molecule has 2 heterocycles. The Morgan fingerprint density at radius 1 is 1.15 bits per heavy atom. The number of hydrogen-bond acceptors (Lipinski definition) is 6. The molecular formula is C25H25N5OS2. The second-order valence-corrected chi connectivity index (χ2v) is 9.14. The molecule has 33 heavy (non-hydrogen) atoms. The zero-order valence-electron chi connectivity index (χ0n) is 18.6. The number of thiazole rings is 1. The number of anilines is 2. The van der Waals surface area contributed by atoms with E-state index in [1.807, 2.05) is 66.1 Å². The molecule has 2 aromatic carbocycles. The highest BCUT2D eigenvalue weighted by atomic mass is 32.2. The summed E-state index contributed by atoms with van der Waals surface area (Å²) >= 11 is 3.04. The van der Waals surface area contributed by atoms with Gasteiger partial charge in [0.25, 0.3) is 0 Å². The van der Waals surface area contributed by atoms with Crippen molar-refractivity contribution in [2.24, 2.45) is 0 Å². The van der Waals surface area contributed by atoms with Gasteiger partial charge in [-0.25, -0.2) is 4.98 Å². The predicted molar refractivity (Wildman–Crippen MR) is 136 cm³/mol. The molecule has 0 atom stereocenters. The van der Waals surface area contributed by atoms with E-state index in [9.17, 15) is 4.79 Å². The van der Waals surface area contributed by atoms with Gasteiger partial charge in [0.15, 0.2) is 16.1 Å². The maximum absolute atomic E-state index is 12.4. The third kappa shape index (κ3) is 5.23. The van der Waals surface area contributed by atoms with E-state index < -0.39 is 0 Å². The highest BCUT2D eigenvalue weighted by Crippen LogP contribution is 2.32. The zero-order valence-corrected chi connectivity index (χ0v) is 20.3. The van der Waals surface area contributed by atoms with E-state index in [1.165, 1.54) is 16.9 Å². The standard InChI is InChI=1S/C25H25N5OS2/c1-4-15-29-23(20-9-7-6-8-10-20)27-28-25(29)33-17-21-16-32-24(26-21)30(18(3)31)22-13-11-19(5-2)12-14-22/h4,6-14,16H,1,5,15,17H2,2-3H3. The number of nitrogens with zero attached hydrogens (tertiary/aromatic N) is 5. The second-order valence-electron chi connectivity index (χ2n) is 7.36. The van der Waals surface area contributed by atoms with Crippen LogP contribution < -0.4 is 4.90 Å². The van der Waals surface area contributed by atoms with E-state index in [0.29, 0.717) is 17.4 Å². The molecule has 0 aliphatic rings. The molecular weight excluding hydrogens is 450 g/mol. The summed E-state index contributed by atoms with van der Waals surface area (Å²) in [6, 6.07) is 18.0. The van der Waals surface area contributed by atoms with Gasteiger partial charge in [0, 0.05) is 30.2 Å². The van der Waals surface area contributed by atoms with Crippen LogP contribution in [0.4, 0.5) is 10.8 Å². The first-order valence-corrected chi connectivity index (χ1v) is 12.5. The molecule has 0 saturated carbocycles. The molecule has 0 fully saturated rings. The minimum Gasteiger partial charge on any atom is -0.298 e. The van der Waals surface area contributed by atoms with Crippen molar-refractivity contribution in [3.63, 3.8) is 0 Å². The van der Waals surface area contributed by atoms with Crippen molar-refractivity contribution in [3.8, 4) is 11.4 Å². The molecule has 0 saturated heterocycles. The summed E-state index contributed by atoms with van der Waals surface area (Å²) in [5.41, 5.74) is 3.97. The highest BCUT2D eigenvalue weighted by Gasteiger charge is 2.19. The Kier molecular flexibility index (Phi) is 7.36. The highest BCUT2D eigenvalue weighted by molar-refractivity contribution is 7.98. The summed E-state index contributed by atoms with van der Waals surface area (Å²) in [4.78, 5) is 18.8. The van der Waals surface area contributed by atoms with Crippen LogP contribution in [0.1, 0.15) is 25.1 Å². The lowest BCUT2D eigenvalue weighted by molar-refractivity contribution is -0.115. The molecule has 0 aliphatic carbocycles. The summed E-state index contributed by atoms with van der Waals surface area (Å²) in [6.07, 6.45) is 2.80. The summed E-state index contributed by atoms with van der Waals surface area (Å²) in [7, 11) is 0. The molecule has 0 bridgehead atoms. The lowest BCUT2D eigenvalue weighted by atomic mass is 10.1. The summed E-state index contributed by atoms with van der Waals surface area (Å²) in [5.74, 6) is 1.38. The maximum atomic E-state index is 12.4. The summed E-state index contributed by atoms with van der Waals surface area (Å²) in [5, 5.41) is 12.3. The van der Waals surface area contributed by atoms with E-state index in [2.05, 4.69) is 28.3 Å². The fourth-order valence-corrected chi connectivity index (χ4v) is 5.23. The number of hydrogen-bond donors (Lipinski definition) is 0. The Hall–Kier alpha value is -3.23. The molecule has 6 nitrogen and oxygen atoms in total. The number of aromatic nitrogens is 4. The third-order valence-corrected chi connectivity index (χ3v) is 6.93. The SMILES string of the molecule is C=CCn1c(SCc2csc(N(C(C)=O)c3ccc(CC)cc3)n2)nnc1-c1ccccc1. The predicted octanol–water partition coefficient (Wildman–Crippen LogP) is 6.13. The van der Waals surface area contributed by atoms with Crippen LogP contribution in [-0.4, -0.2) is 25.7 Å². The Labute approximate surface area is 202 Å². The Balaban J connectivity index is 1.52. The minimum atomic E-state index is -0.0639. The van der Waals surface area contributed by atoms with Gasteiger partial charge in [-0.05, 0) is 24.1 Å². The van der Waals surface area contributed by atoms with Crippen LogP contribution >= 0.6 is 23.1 Å². The molecule has 0 radical (unpaired) electrons. The smallest absolute Gasteiger partial charge is 0.230 e. The molecule has 168 valence electrons. The summed E-state index contributed by atoms with van der Waals surface area (Å²) in [6.45, 7) is 8.17. The number of carbonyl (C=O) groups excluding carboxylic acids is 1. The van der Waals surface area contributed by atoms with Crippen LogP contribution in [0.5, 0.6) is 0 Å². The number of thioether (sulfide) groups is 1. The maximum Gasteiger partial charge on any atom is 0.230 e. The van der Waals surface area contributed by atoms with Crippen LogP contribution in [0, 0.1) is 0 Å². The Bertz CT molecular complexity index is 1230.